The molecule has 0 saturated heterocycles. The largest absolute Gasteiger partial charge is 0.354 e. The van der Waals surface area contributed by atoms with E-state index in [1.54, 1.807) is 17.4 Å². The second kappa shape index (κ2) is 3.86. The Morgan fingerprint density at radius 1 is 1.18 bits per heavy atom. The molecule has 3 rings (SSSR count). The minimum Gasteiger partial charge on any atom is -0.354 e. The van der Waals surface area contributed by atoms with Crippen LogP contribution in [-0.4, -0.2) is 4.98 Å². The summed E-state index contributed by atoms with van der Waals surface area (Å²) in [6.07, 6.45) is 0. The Balaban J connectivity index is 2.33. The third-order valence-corrected chi connectivity index (χ3v) is 3.89. The average molecular weight is 241 g/mol. The highest BCUT2D eigenvalue weighted by Crippen LogP contribution is 2.27. The van der Waals surface area contributed by atoms with Crippen LogP contribution in [0.2, 0.25) is 0 Å². The minimum absolute atomic E-state index is 0.0714. The molecule has 0 aliphatic heterocycles. The van der Waals surface area contributed by atoms with Crippen LogP contribution in [0.25, 0.3) is 21.5 Å². The molecule has 0 saturated carbocycles. The minimum atomic E-state index is 0.0714. The fraction of sp³-hybridized carbons (Fsp3) is 0.0714. The van der Waals surface area contributed by atoms with Crippen molar-refractivity contribution >= 4 is 22.2 Å². The second-order valence-corrected chi connectivity index (χ2v) is 4.94. The number of benzene rings is 1. The summed E-state index contributed by atoms with van der Waals surface area (Å²) in [6.45, 7) is 2.05. The molecule has 0 atom stereocenters. The summed E-state index contributed by atoms with van der Waals surface area (Å²) in [7, 11) is 0. The van der Waals surface area contributed by atoms with Gasteiger partial charge >= 0.3 is 0 Å². The molecular formula is C14H11NOS. The molecule has 0 aliphatic rings. The summed E-state index contributed by atoms with van der Waals surface area (Å²) in [4.78, 5) is 16.4. The molecule has 1 N–H and O–H groups in total. The predicted octanol–water partition coefficient (Wildman–Crippen LogP) is 3.57. The lowest BCUT2D eigenvalue weighted by Gasteiger charge is -2.03. The normalized spacial score (nSPS) is 10.9. The molecule has 3 heteroatoms. The van der Waals surface area contributed by atoms with Crippen LogP contribution >= 0.6 is 11.3 Å². The molecule has 2 nitrogen and oxygen atoms in total. The van der Waals surface area contributed by atoms with Gasteiger partial charge < -0.3 is 4.98 Å². The molecule has 0 fully saturated rings. The Hall–Kier alpha value is -1.87. The number of hydrogen-bond donors (Lipinski definition) is 1. The average Bonchev–Trinajstić information content (AvgIpc) is 2.75. The van der Waals surface area contributed by atoms with Crippen molar-refractivity contribution in [1.29, 1.82) is 0 Å². The number of hydrogen-bond acceptors (Lipinski definition) is 2. The number of pyridine rings is 1. The van der Waals surface area contributed by atoms with Gasteiger partial charge in [-0.05, 0) is 36.1 Å². The second-order valence-electron chi connectivity index (χ2n) is 4.03. The molecule has 84 valence electrons. The van der Waals surface area contributed by atoms with Crippen molar-refractivity contribution in [2.45, 2.75) is 6.92 Å². The zero-order valence-corrected chi connectivity index (χ0v) is 10.2. The van der Waals surface area contributed by atoms with Crippen LogP contribution in [0, 0.1) is 6.92 Å². The van der Waals surface area contributed by atoms with E-state index in [9.17, 15) is 4.79 Å². The summed E-state index contributed by atoms with van der Waals surface area (Å²) in [5.74, 6) is 0. The summed E-state index contributed by atoms with van der Waals surface area (Å²) in [5, 5.41) is 2.78. The van der Waals surface area contributed by atoms with Gasteiger partial charge in [0.1, 0.15) is 0 Å². The van der Waals surface area contributed by atoms with Crippen molar-refractivity contribution in [3.05, 3.63) is 57.6 Å². The van der Waals surface area contributed by atoms with Crippen molar-refractivity contribution in [3.63, 3.8) is 0 Å². The standard InChI is InChI=1S/C14H11NOS/c1-9-6-7-17-14(9)12-8-13(16)10-4-2-3-5-11(10)15-12/h2-8H,1H3,(H,15,16). The van der Waals surface area contributed by atoms with Crippen LogP contribution in [0.15, 0.2) is 46.6 Å². The van der Waals surface area contributed by atoms with Gasteiger partial charge in [-0.2, -0.15) is 0 Å². The number of para-hydroxylation sites is 1. The first kappa shape index (κ1) is 10.3. The highest BCUT2D eigenvalue weighted by molar-refractivity contribution is 7.13. The molecule has 3 aromatic rings. The van der Waals surface area contributed by atoms with Gasteiger partial charge in [0.15, 0.2) is 5.43 Å². The van der Waals surface area contributed by atoms with Crippen LogP contribution in [0.5, 0.6) is 0 Å². The molecule has 0 amide bonds. The molecule has 2 heterocycles. The van der Waals surface area contributed by atoms with Crippen LogP contribution < -0.4 is 5.43 Å². The van der Waals surface area contributed by atoms with Gasteiger partial charge in [-0.25, -0.2) is 0 Å². The molecular weight excluding hydrogens is 230 g/mol. The number of rotatable bonds is 1. The number of aryl methyl sites for hydroxylation is 1. The monoisotopic (exact) mass is 241 g/mol. The molecule has 17 heavy (non-hydrogen) atoms. The Kier molecular flexibility index (Phi) is 2.34. The van der Waals surface area contributed by atoms with E-state index in [2.05, 4.69) is 18.0 Å². The van der Waals surface area contributed by atoms with Crippen LogP contribution in [0.1, 0.15) is 5.56 Å². The van der Waals surface area contributed by atoms with Gasteiger partial charge in [0, 0.05) is 17.0 Å². The van der Waals surface area contributed by atoms with Crippen LogP contribution in [0.4, 0.5) is 0 Å². The molecule has 1 aromatic carbocycles. The van der Waals surface area contributed by atoms with E-state index in [1.807, 2.05) is 29.6 Å². The van der Waals surface area contributed by atoms with E-state index in [0.717, 1.165) is 21.5 Å². The highest BCUT2D eigenvalue weighted by atomic mass is 32.1. The van der Waals surface area contributed by atoms with E-state index in [-0.39, 0.29) is 5.43 Å². The Morgan fingerprint density at radius 3 is 2.76 bits per heavy atom. The Bertz CT molecular complexity index is 739. The smallest absolute Gasteiger partial charge is 0.190 e. The first-order valence-electron chi connectivity index (χ1n) is 5.42. The first-order chi connectivity index (χ1) is 8.25. The zero-order chi connectivity index (χ0) is 11.8. The number of H-pyrrole nitrogens is 1. The molecule has 0 aliphatic carbocycles. The quantitative estimate of drug-likeness (QED) is 0.694. The van der Waals surface area contributed by atoms with Gasteiger partial charge in [-0.3, -0.25) is 4.79 Å². The van der Waals surface area contributed by atoms with E-state index >= 15 is 0 Å². The molecule has 0 bridgehead atoms. The fourth-order valence-electron chi connectivity index (χ4n) is 1.97. The third-order valence-electron chi connectivity index (χ3n) is 2.84. The Labute approximate surface area is 103 Å². The van der Waals surface area contributed by atoms with Gasteiger partial charge in [0.2, 0.25) is 0 Å². The first-order valence-corrected chi connectivity index (χ1v) is 6.30. The summed E-state index contributed by atoms with van der Waals surface area (Å²) in [5.41, 5.74) is 3.06. The van der Waals surface area contributed by atoms with Crippen LogP contribution in [0.3, 0.4) is 0 Å². The van der Waals surface area contributed by atoms with Crippen molar-refractivity contribution in [1.82, 2.24) is 4.98 Å². The van der Waals surface area contributed by atoms with Crippen molar-refractivity contribution in [2.24, 2.45) is 0 Å². The highest BCUT2D eigenvalue weighted by Gasteiger charge is 2.06. The Morgan fingerprint density at radius 2 is 2.00 bits per heavy atom. The molecule has 0 spiro atoms. The lowest BCUT2D eigenvalue weighted by molar-refractivity contribution is 1.38. The number of aromatic nitrogens is 1. The predicted molar refractivity (Wildman–Crippen MR) is 72.6 cm³/mol. The summed E-state index contributed by atoms with van der Waals surface area (Å²) >= 11 is 1.65. The van der Waals surface area contributed by atoms with Gasteiger partial charge in [0.05, 0.1) is 10.6 Å². The number of fused-ring (bicyclic) bond motifs is 1. The maximum atomic E-state index is 12.0. The zero-order valence-electron chi connectivity index (χ0n) is 9.36. The third kappa shape index (κ3) is 1.68. The lowest BCUT2D eigenvalue weighted by atomic mass is 10.1. The molecule has 2 aromatic heterocycles. The number of nitrogens with one attached hydrogen (secondary N) is 1. The topological polar surface area (TPSA) is 32.9 Å². The van der Waals surface area contributed by atoms with Crippen molar-refractivity contribution in [2.75, 3.05) is 0 Å². The number of thiophene rings is 1. The molecule has 0 radical (unpaired) electrons. The van der Waals surface area contributed by atoms with E-state index < -0.39 is 0 Å². The van der Waals surface area contributed by atoms with Crippen molar-refractivity contribution in [3.8, 4) is 10.6 Å². The van der Waals surface area contributed by atoms with Crippen LogP contribution in [-0.2, 0) is 0 Å². The van der Waals surface area contributed by atoms with Gasteiger partial charge in [-0.15, -0.1) is 11.3 Å². The SMILES string of the molecule is Cc1ccsc1-c1cc(=O)c2ccccc2[nH]1. The van der Waals surface area contributed by atoms with E-state index in [1.165, 1.54) is 5.56 Å². The summed E-state index contributed by atoms with van der Waals surface area (Å²) in [6, 6.07) is 11.3. The van der Waals surface area contributed by atoms with Gasteiger partial charge in [0.25, 0.3) is 0 Å². The van der Waals surface area contributed by atoms with Gasteiger partial charge in [-0.1, -0.05) is 12.1 Å². The maximum absolute atomic E-state index is 12.0. The molecule has 0 unspecified atom stereocenters. The lowest BCUT2D eigenvalue weighted by Crippen LogP contribution is -2.02. The van der Waals surface area contributed by atoms with Crippen molar-refractivity contribution < 1.29 is 0 Å². The van der Waals surface area contributed by atoms with E-state index in [0.29, 0.717) is 0 Å². The number of aromatic amines is 1. The van der Waals surface area contributed by atoms with E-state index in [4.69, 9.17) is 0 Å². The fourth-order valence-corrected chi connectivity index (χ4v) is 2.87. The summed E-state index contributed by atoms with van der Waals surface area (Å²) < 4.78 is 0. The maximum Gasteiger partial charge on any atom is 0.190 e.